The van der Waals surface area contributed by atoms with Crippen LogP contribution in [0.25, 0.3) is 0 Å². The molecule has 0 bridgehead atoms. The Morgan fingerprint density at radius 3 is 2.54 bits per heavy atom. The fourth-order valence-corrected chi connectivity index (χ4v) is 5.35. The van der Waals surface area contributed by atoms with Gasteiger partial charge in [-0.25, -0.2) is 0 Å². The van der Waals surface area contributed by atoms with E-state index in [1.54, 1.807) is 0 Å². The van der Waals surface area contributed by atoms with Crippen molar-refractivity contribution >= 4 is 5.91 Å². The summed E-state index contributed by atoms with van der Waals surface area (Å²) >= 11 is 0. The normalized spacial score (nSPS) is 38.3. The Morgan fingerprint density at radius 1 is 1.17 bits per heavy atom. The molecule has 2 saturated carbocycles. The summed E-state index contributed by atoms with van der Waals surface area (Å²) in [5.41, 5.74) is 0.679. The van der Waals surface area contributed by atoms with Crippen molar-refractivity contribution in [3.63, 3.8) is 0 Å². The van der Waals surface area contributed by atoms with Crippen LogP contribution in [0.3, 0.4) is 0 Å². The number of hydrogen-bond donors (Lipinski definition) is 0. The standard InChI is InChI=1S/C17H22N4O3/c1-19-14-4-2-3-5-15(14)20-16(19)13(9-18)11-7-6-10(21(23)24)8-12(11)17(20)22/h10-12,14-15H,2-8H2,1H3. The minimum atomic E-state index is -0.654. The van der Waals surface area contributed by atoms with Crippen LogP contribution in [0.2, 0.25) is 0 Å². The zero-order valence-electron chi connectivity index (χ0n) is 13.9. The summed E-state index contributed by atoms with van der Waals surface area (Å²) in [5.74, 6) is 0.260. The minimum Gasteiger partial charge on any atom is -0.355 e. The molecule has 2 heterocycles. The van der Waals surface area contributed by atoms with Crippen molar-refractivity contribution < 1.29 is 9.72 Å². The average Bonchev–Trinajstić information content (AvgIpc) is 2.89. The number of nitro groups is 1. The number of carbonyl (C=O) groups is 1. The molecule has 0 aromatic heterocycles. The van der Waals surface area contributed by atoms with Crippen molar-refractivity contribution in [2.45, 2.75) is 63.1 Å². The van der Waals surface area contributed by atoms with Gasteiger partial charge < -0.3 is 4.90 Å². The zero-order valence-corrected chi connectivity index (χ0v) is 13.9. The molecule has 4 rings (SSSR count). The Kier molecular flexibility index (Phi) is 3.52. The average molecular weight is 330 g/mol. The molecule has 1 amide bonds. The van der Waals surface area contributed by atoms with E-state index in [-0.39, 0.29) is 35.3 Å². The number of likely N-dealkylation sites (N-methyl/N-ethyl adjacent to an activating group) is 1. The molecule has 4 aliphatic rings. The summed E-state index contributed by atoms with van der Waals surface area (Å²) < 4.78 is 0. The van der Waals surface area contributed by atoms with Crippen molar-refractivity contribution in [3.8, 4) is 6.07 Å². The summed E-state index contributed by atoms with van der Waals surface area (Å²) in [6.45, 7) is 0. The highest BCUT2D eigenvalue weighted by molar-refractivity contribution is 5.84. The Balaban J connectivity index is 1.77. The highest BCUT2D eigenvalue weighted by Gasteiger charge is 2.55. The lowest BCUT2D eigenvalue weighted by Gasteiger charge is -2.41. The van der Waals surface area contributed by atoms with Gasteiger partial charge in [0.25, 0.3) is 0 Å². The van der Waals surface area contributed by atoms with Gasteiger partial charge in [-0.3, -0.25) is 19.8 Å². The molecular formula is C17H22N4O3. The largest absolute Gasteiger partial charge is 0.355 e. The molecule has 0 spiro atoms. The van der Waals surface area contributed by atoms with Gasteiger partial charge in [-0.2, -0.15) is 5.26 Å². The van der Waals surface area contributed by atoms with Crippen LogP contribution in [-0.2, 0) is 4.79 Å². The predicted octanol–water partition coefficient (Wildman–Crippen LogP) is 1.88. The molecule has 1 saturated heterocycles. The summed E-state index contributed by atoms with van der Waals surface area (Å²) in [6, 6.07) is 2.12. The lowest BCUT2D eigenvalue weighted by atomic mass is 9.71. The maximum atomic E-state index is 13.2. The van der Waals surface area contributed by atoms with E-state index in [1.165, 1.54) is 0 Å². The molecule has 0 aromatic carbocycles. The van der Waals surface area contributed by atoms with Gasteiger partial charge in [-0.15, -0.1) is 0 Å². The van der Waals surface area contributed by atoms with E-state index < -0.39 is 12.0 Å². The minimum absolute atomic E-state index is 0.0156. The van der Waals surface area contributed by atoms with E-state index in [0.717, 1.165) is 31.5 Å². The summed E-state index contributed by atoms with van der Waals surface area (Å²) in [6.07, 6.45) is 5.53. The number of amides is 1. The quantitative estimate of drug-likeness (QED) is 0.541. The molecule has 7 nitrogen and oxygen atoms in total. The molecule has 2 aliphatic carbocycles. The number of hydrogen-bond acceptors (Lipinski definition) is 5. The molecule has 3 fully saturated rings. The first-order valence-electron chi connectivity index (χ1n) is 8.88. The molecule has 7 heteroatoms. The first kappa shape index (κ1) is 15.4. The lowest BCUT2D eigenvalue weighted by Crippen LogP contribution is -2.51. The van der Waals surface area contributed by atoms with Crippen LogP contribution in [0.5, 0.6) is 0 Å². The van der Waals surface area contributed by atoms with E-state index in [4.69, 9.17) is 0 Å². The highest BCUT2D eigenvalue weighted by Crippen LogP contribution is 2.49. The van der Waals surface area contributed by atoms with E-state index in [9.17, 15) is 20.2 Å². The third kappa shape index (κ3) is 1.98. The summed E-state index contributed by atoms with van der Waals surface area (Å²) in [4.78, 5) is 28.1. The van der Waals surface area contributed by atoms with Crippen molar-refractivity contribution in [2.75, 3.05) is 7.05 Å². The Hall–Kier alpha value is -2.10. The van der Waals surface area contributed by atoms with Gasteiger partial charge >= 0.3 is 0 Å². The van der Waals surface area contributed by atoms with E-state index in [1.807, 2.05) is 11.9 Å². The van der Waals surface area contributed by atoms with Crippen molar-refractivity contribution in [1.82, 2.24) is 9.80 Å². The Morgan fingerprint density at radius 2 is 1.88 bits per heavy atom. The molecule has 0 radical (unpaired) electrons. The fourth-order valence-electron chi connectivity index (χ4n) is 5.35. The Bertz CT molecular complexity index is 667. The molecular weight excluding hydrogens is 308 g/mol. The SMILES string of the molecule is CN1C2=C(C#N)C3CCC([N+](=O)[O-])CC3C(=O)N2C2CCCCC21. The molecule has 128 valence electrons. The third-order valence-corrected chi connectivity index (χ3v) is 6.49. The monoisotopic (exact) mass is 330 g/mol. The maximum Gasteiger partial charge on any atom is 0.232 e. The number of rotatable bonds is 1. The zero-order chi connectivity index (χ0) is 17.0. The first-order valence-corrected chi connectivity index (χ1v) is 8.88. The van der Waals surface area contributed by atoms with Crippen LogP contribution in [-0.4, -0.2) is 45.8 Å². The number of nitriles is 1. The second-order valence-electron chi connectivity index (χ2n) is 7.55. The number of allylic oxidation sites excluding steroid dienone is 1. The van der Waals surface area contributed by atoms with Gasteiger partial charge in [0, 0.05) is 30.7 Å². The molecule has 0 aromatic rings. The topological polar surface area (TPSA) is 90.5 Å². The molecule has 24 heavy (non-hydrogen) atoms. The smallest absolute Gasteiger partial charge is 0.232 e. The second kappa shape index (κ2) is 5.47. The van der Waals surface area contributed by atoms with Gasteiger partial charge in [0.15, 0.2) is 0 Å². The lowest BCUT2D eigenvalue weighted by molar-refractivity contribution is -0.528. The number of fused-ring (bicyclic) bond motifs is 4. The number of carbonyl (C=O) groups excluding carboxylic acids is 1. The van der Waals surface area contributed by atoms with Crippen molar-refractivity contribution in [3.05, 3.63) is 21.5 Å². The predicted molar refractivity (Wildman–Crippen MR) is 84.9 cm³/mol. The summed E-state index contributed by atoms with van der Waals surface area (Å²) in [7, 11) is 1.99. The van der Waals surface area contributed by atoms with Gasteiger partial charge in [-0.05, 0) is 19.3 Å². The van der Waals surface area contributed by atoms with Gasteiger partial charge in [0.1, 0.15) is 5.82 Å². The van der Waals surface area contributed by atoms with E-state index in [2.05, 4.69) is 11.0 Å². The van der Waals surface area contributed by atoms with Crippen molar-refractivity contribution in [2.24, 2.45) is 11.8 Å². The van der Waals surface area contributed by atoms with Gasteiger partial charge in [0.2, 0.25) is 11.9 Å². The number of nitrogens with zero attached hydrogens (tertiary/aromatic N) is 4. The van der Waals surface area contributed by atoms with Crippen LogP contribution >= 0.6 is 0 Å². The highest BCUT2D eigenvalue weighted by atomic mass is 16.6. The first-order chi connectivity index (χ1) is 11.5. The van der Waals surface area contributed by atoms with Crippen LogP contribution in [0.1, 0.15) is 44.9 Å². The van der Waals surface area contributed by atoms with E-state index >= 15 is 0 Å². The van der Waals surface area contributed by atoms with Gasteiger partial charge in [-0.1, -0.05) is 12.8 Å². The molecule has 2 aliphatic heterocycles. The van der Waals surface area contributed by atoms with Crippen LogP contribution in [0.15, 0.2) is 11.4 Å². The maximum absolute atomic E-state index is 13.2. The molecule has 5 atom stereocenters. The fraction of sp³-hybridized carbons (Fsp3) is 0.765. The Labute approximate surface area is 141 Å². The summed E-state index contributed by atoms with van der Waals surface area (Å²) in [5, 5.41) is 21.0. The van der Waals surface area contributed by atoms with Crippen LogP contribution < -0.4 is 0 Å². The van der Waals surface area contributed by atoms with Crippen LogP contribution in [0, 0.1) is 33.3 Å². The van der Waals surface area contributed by atoms with E-state index in [0.29, 0.717) is 18.4 Å². The van der Waals surface area contributed by atoms with Crippen LogP contribution in [0.4, 0.5) is 0 Å². The van der Waals surface area contributed by atoms with Gasteiger partial charge in [0.05, 0.1) is 29.6 Å². The molecule has 5 unspecified atom stereocenters. The van der Waals surface area contributed by atoms with Crippen molar-refractivity contribution in [1.29, 1.82) is 5.26 Å². The third-order valence-electron chi connectivity index (χ3n) is 6.49. The molecule has 0 N–H and O–H groups in total. The second-order valence-corrected chi connectivity index (χ2v) is 7.55.